The van der Waals surface area contributed by atoms with E-state index in [1.54, 1.807) is 5.57 Å². The molecule has 0 saturated heterocycles. The van der Waals surface area contributed by atoms with Gasteiger partial charge in [-0.2, -0.15) is 0 Å². The molecule has 0 fully saturated rings. The molecule has 0 aromatic rings. The minimum atomic E-state index is 0.674. The average Bonchev–Trinajstić information content (AvgIpc) is 2.37. The molecule has 1 aliphatic carbocycles. The van der Waals surface area contributed by atoms with Crippen molar-refractivity contribution in [2.45, 2.75) is 26.2 Å². The summed E-state index contributed by atoms with van der Waals surface area (Å²) in [5.41, 5.74) is 6.98. The molecule has 0 spiro atoms. The van der Waals surface area contributed by atoms with Crippen LogP contribution >= 0.6 is 0 Å². The van der Waals surface area contributed by atoms with Crippen LogP contribution in [0.15, 0.2) is 23.8 Å². The van der Waals surface area contributed by atoms with Gasteiger partial charge < -0.3 is 5.73 Å². The van der Waals surface area contributed by atoms with E-state index in [4.69, 9.17) is 5.73 Å². The molecular formula is C10H17N. The molecule has 0 bridgehead atoms. The lowest BCUT2D eigenvalue weighted by Crippen LogP contribution is -1.99. The van der Waals surface area contributed by atoms with Crippen LogP contribution in [0.25, 0.3) is 0 Å². The number of rotatable bonds is 4. The van der Waals surface area contributed by atoms with Crippen LogP contribution in [0, 0.1) is 5.92 Å². The van der Waals surface area contributed by atoms with Crippen LogP contribution in [0.1, 0.15) is 26.2 Å². The smallest absolute Gasteiger partial charge is 0.00454 e. The number of hydrogen-bond acceptors (Lipinski definition) is 1. The Hall–Kier alpha value is -0.560. The van der Waals surface area contributed by atoms with E-state index < -0.39 is 0 Å². The fourth-order valence-corrected chi connectivity index (χ4v) is 1.41. The summed E-state index contributed by atoms with van der Waals surface area (Å²) < 4.78 is 0. The highest BCUT2D eigenvalue weighted by Crippen LogP contribution is 2.23. The Bertz CT molecular complexity index is 168. The van der Waals surface area contributed by atoms with Crippen LogP contribution in [0.3, 0.4) is 0 Å². The van der Waals surface area contributed by atoms with Crippen molar-refractivity contribution < 1.29 is 0 Å². The van der Waals surface area contributed by atoms with Crippen molar-refractivity contribution >= 4 is 0 Å². The largest absolute Gasteiger partial charge is 0.330 e. The number of allylic oxidation sites excluding steroid dienone is 4. The standard InChI is InChI=1S/C10H17N/c1-9-5-4-7-10(9)6-2-3-8-11/h4-5,7,9H,2-3,6,8,11H2,1H3. The van der Waals surface area contributed by atoms with E-state index >= 15 is 0 Å². The Morgan fingerprint density at radius 2 is 2.27 bits per heavy atom. The van der Waals surface area contributed by atoms with Crippen molar-refractivity contribution in [2.24, 2.45) is 11.7 Å². The Morgan fingerprint density at radius 1 is 1.45 bits per heavy atom. The van der Waals surface area contributed by atoms with E-state index in [2.05, 4.69) is 25.2 Å². The van der Waals surface area contributed by atoms with Crippen molar-refractivity contribution in [3.8, 4) is 0 Å². The van der Waals surface area contributed by atoms with Gasteiger partial charge >= 0.3 is 0 Å². The van der Waals surface area contributed by atoms with E-state index in [0.29, 0.717) is 5.92 Å². The molecular weight excluding hydrogens is 134 g/mol. The van der Waals surface area contributed by atoms with E-state index in [1.807, 2.05) is 0 Å². The minimum absolute atomic E-state index is 0.674. The van der Waals surface area contributed by atoms with Gasteiger partial charge in [0.2, 0.25) is 0 Å². The summed E-state index contributed by atoms with van der Waals surface area (Å²) in [5, 5.41) is 0. The molecule has 0 aromatic heterocycles. The molecule has 0 heterocycles. The molecule has 0 amide bonds. The first-order chi connectivity index (χ1) is 5.34. The second kappa shape index (κ2) is 4.35. The van der Waals surface area contributed by atoms with Crippen molar-refractivity contribution in [2.75, 3.05) is 6.54 Å². The number of nitrogens with two attached hydrogens (primary N) is 1. The van der Waals surface area contributed by atoms with E-state index in [1.165, 1.54) is 12.8 Å². The molecule has 0 aliphatic heterocycles. The van der Waals surface area contributed by atoms with Gasteiger partial charge in [0.25, 0.3) is 0 Å². The third kappa shape index (κ3) is 2.51. The fraction of sp³-hybridized carbons (Fsp3) is 0.600. The zero-order valence-electron chi connectivity index (χ0n) is 7.22. The SMILES string of the molecule is CC1C=CC=C1CCCCN. The van der Waals surface area contributed by atoms with Crippen LogP contribution in [0.5, 0.6) is 0 Å². The van der Waals surface area contributed by atoms with Crippen LogP contribution in [-0.2, 0) is 0 Å². The van der Waals surface area contributed by atoms with Crippen molar-refractivity contribution in [1.29, 1.82) is 0 Å². The summed E-state index contributed by atoms with van der Waals surface area (Å²) >= 11 is 0. The van der Waals surface area contributed by atoms with E-state index in [-0.39, 0.29) is 0 Å². The fourth-order valence-electron chi connectivity index (χ4n) is 1.41. The first-order valence-corrected chi connectivity index (χ1v) is 4.42. The molecule has 0 aromatic carbocycles. The quantitative estimate of drug-likeness (QED) is 0.613. The molecule has 1 heteroatoms. The molecule has 0 saturated carbocycles. The van der Waals surface area contributed by atoms with Gasteiger partial charge in [0, 0.05) is 0 Å². The molecule has 0 radical (unpaired) electrons. The Morgan fingerprint density at radius 3 is 2.82 bits per heavy atom. The summed E-state index contributed by atoms with van der Waals surface area (Å²) in [6.07, 6.45) is 10.3. The van der Waals surface area contributed by atoms with E-state index in [0.717, 1.165) is 13.0 Å². The van der Waals surface area contributed by atoms with Crippen LogP contribution in [-0.4, -0.2) is 6.54 Å². The molecule has 1 unspecified atom stereocenters. The van der Waals surface area contributed by atoms with Gasteiger partial charge in [-0.1, -0.05) is 30.7 Å². The van der Waals surface area contributed by atoms with Gasteiger partial charge in [0.15, 0.2) is 0 Å². The molecule has 1 rings (SSSR count). The maximum absolute atomic E-state index is 5.41. The van der Waals surface area contributed by atoms with E-state index in [9.17, 15) is 0 Å². The first-order valence-electron chi connectivity index (χ1n) is 4.42. The highest BCUT2D eigenvalue weighted by atomic mass is 14.5. The second-order valence-electron chi connectivity index (χ2n) is 3.16. The Balaban J connectivity index is 2.18. The number of unbranched alkanes of at least 4 members (excludes halogenated alkanes) is 1. The summed E-state index contributed by atoms with van der Waals surface area (Å²) in [6.45, 7) is 3.08. The van der Waals surface area contributed by atoms with Crippen molar-refractivity contribution in [3.63, 3.8) is 0 Å². The third-order valence-electron chi connectivity index (χ3n) is 2.21. The van der Waals surface area contributed by atoms with Crippen molar-refractivity contribution in [1.82, 2.24) is 0 Å². The molecule has 1 atom stereocenters. The lowest BCUT2D eigenvalue weighted by Gasteiger charge is -2.06. The summed E-state index contributed by atoms with van der Waals surface area (Å²) in [4.78, 5) is 0. The van der Waals surface area contributed by atoms with Crippen LogP contribution in [0.4, 0.5) is 0 Å². The molecule has 1 aliphatic rings. The molecule has 11 heavy (non-hydrogen) atoms. The lowest BCUT2D eigenvalue weighted by atomic mass is 10.00. The maximum atomic E-state index is 5.41. The summed E-state index contributed by atoms with van der Waals surface area (Å²) in [6, 6.07) is 0. The molecule has 1 nitrogen and oxygen atoms in total. The van der Waals surface area contributed by atoms with Crippen LogP contribution in [0.2, 0.25) is 0 Å². The molecule has 62 valence electrons. The zero-order chi connectivity index (χ0) is 8.10. The normalized spacial score (nSPS) is 22.4. The predicted octanol–water partition coefficient (Wildman–Crippen LogP) is 2.25. The molecule has 2 N–H and O–H groups in total. The maximum Gasteiger partial charge on any atom is -0.00454 e. The van der Waals surface area contributed by atoms with Gasteiger partial charge in [-0.05, 0) is 31.7 Å². The Kier molecular flexibility index (Phi) is 3.37. The monoisotopic (exact) mass is 151 g/mol. The predicted molar refractivity (Wildman–Crippen MR) is 49.3 cm³/mol. The van der Waals surface area contributed by atoms with Gasteiger partial charge in [-0.25, -0.2) is 0 Å². The zero-order valence-corrected chi connectivity index (χ0v) is 7.22. The lowest BCUT2D eigenvalue weighted by molar-refractivity contribution is 0.696. The average molecular weight is 151 g/mol. The first kappa shape index (κ1) is 8.54. The van der Waals surface area contributed by atoms with Crippen LogP contribution < -0.4 is 5.73 Å². The number of hydrogen-bond donors (Lipinski definition) is 1. The van der Waals surface area contributed by atoms with Gasteiger partial charge in [0.05, 0.1) is 0 Å². The minimum Gasteiger partial charge on any atom is -0.330 e. The van der Waals surface area contributed by atoms with Gasteiger partial charge in [-0.15, -0.1) is 0 Å². The highest BCUT2D eigenvalue weighted by Gasteiger charge is 2.07. The Labute approximate surface area is 69.0 Å². The van der Waals surface area contributed by atoms with Crippen molar-refractivity contribution in [3.05, 3.63) is 23.8 Å². The highest BCUT2D eigenvalue weighted by molar-refractivity contribution is 5.26. The third-order valence-corrected chi connectivity index (χ3v) is 2.21. The second-order valence-corrected chi connectivity index (χ2v) is 3.16. The summed E-state index contributed by atoms with van der Waals surface area (Å²) in [5.74, 6) is 0.674. The van der Waals surface area contributed by atoms with Gasteiger partial charge in [-0.3, -0.25) is 0 Å². The topological polar surface area (TPSA) is 26.0 Å². The summed E-state index contributed by atoms with van der Waals surface area (Å²) in [7, 11) is 0. The van der Waals surface area contributed by atoms with Gasteiger partial charge in [0.1, 0.15) is 0 Å².